The van der Waals surface area contributed by atoms with E-state index in [-0.39, 0.29) is 6.03 Å². The minimum Gasteiger partial charge on any atom is -0.340 e. The Kier molecular flexibility index (Phi) is 5.81. The molecule has 0 aliphatic carbocycles. The number of nitrogens with one attached hydrogen (secondary N) is 2. The summed E-state index contributed by atoms with van der Waals surface area (Å²) in [6, 6.07) is 14.3. The number of hydrogen-bond donors (Lipinski definition) is 2. The molecule has 30 heavy (non-hydrogen) atoms. The molecule has 2 amide bonds. The number of nitrogens with zero attached hydrogens (tertiary/aromatic N) is 4. The van der Waals surface area contributed by atoms with Crippen LogP contribution in [0.4, 0.5) is 22.0 Å². The van der Waals surface area contributed by atoms with Gasteiger partial charge in [-0.1, -0.05) is 12.1 Å². The molecule has 2 aromatic carbocycles. The molecule has 0 spiro atoms. The molecule has 0 bridgehead atoms. The zero-order valence-corrected chi connectivity index (χ0v) is 17.7. The van der Waals surface area contributed by atoms with Gasteiger partial charge >= 0.3 is 6.03 Å². The van der Waals surface area contributed by atoms with Gasteiger partial charge in [-0.25, -0.2) is 14.8 Å². The Morgan fingerprint density at radius 3 is 2.60 bits per heavy atom. The van der Waals surface area contributed by atoms with Gasteiger partial charge in [0.1, 0.15) is 12.1 Å². The highest BCUT2D eigenvalue weighted by molar-refractivity contribution is 5.96. The lowest BCUT2D eigenvalue weighted by atomic mass is 10.0. The monoisotopic (exact) mass is 404 g/mol. The molecule has 1 aromatic heterocycles. The van der Waals surface area contributed by atoms with Gasteiger partial charge in [0, 0.05) is 35.9 Å². The highest BCUT2D eigenvalue weighted by Crippen LogP contribution is 2.26. The third kappa shape index (κ3) is 4.52. The lowest BCUT2D eigenvalue weighted by Gasteiger charge is -2.35. The Labute approximate surface area is 177 Å². The molecule has 1 fully saturated rings. The molecule has 1 aliphatic heterocycles. The molecule has 0 saturated carbocycles. The van der Waals surface area contributed by atoms with Crippen molar-refractivity contribution < 1.29 is 4.79 Å². The van der Waals surface area contributed by atoms with Crippen LogP contribution in [0.25, 0.3) is 10.9 Å². The van der Waals surface area contributed by atoms with E-state index in [2.05, 4.69) is 58.7 Å². The van der Waals surface area contributed by atoms with Crippen molar-refractivity contribution in [1.29, 1.82) is 0 Å². The van der Waals surface area contributed by atoms with E-state index >= 15 is 0 Å². The summed E-state index contributed by atoms with van der Waals surface area (Å²) in [6.45, 7) is 3.59. The molecule has 2 heterocycles. The summed E-state index contributed by atoms with van der Waals surface area (Å²) in [6.07, 6.45) is 3.54. The minimum atomic E-state index is -0.0587. The van der Waals surface area contributed by atoms with Crippen molar-refractivity contribution in [3.05, 3.63) is 54.4 Å². The lowest BCUT2D eigenvalue weighted by molar-refractivity contribution is 0.156. The van der Waals surface area contributed by atoms with Crippen LogP contribution in [0.5, 0.6) is 0 Å². The molecule has 0 unspecified atom stereocenters. The fourth-order valence-electron chi connectivity index (χ4n) is 3.88. The number of piperidine rings is 1. The lowest BCUT2D eigenvalue weighted by Crippen LogP contribution is -2.46. The fourth-order valence-corrected chi connectivity index (χ4v) is 3.88. The molecule has 156 valence electrons. The quantitative estimate of drug-likeness (QED) is 0.680. The van der Waals surface area contributed by atoms with Crippen LogP contribution in [0.1, 0.15) is 18.4 Å². The minimum absolute atomic E-state index is 0.0587. The molecule has 3 aromatic rings. The Hall–Kier alpha value is -3.19. The van der Waals surface area contributed by atoms with Crippen LogP contribution in [-0.2, 0) is 0 Å². The number of hydrogen-bond acceptors (Lipinski definition) is 5. The standard InChI is InChI=1S/C23H28N6O/c1-16-5-4-6-17(13-16)26-22-20-14-18(7-8-21(20)24-15-25-22)27-23(30)29-11-9-19(10-12-29)28(2)3/h4-8,13-15,19H,9-12H2,1-3H3,(H,27,30)(H,24,25,26). The molecule has 1 aliphatic rings. The topological polar surface area (TPSA) is 73.4 Å². The van der Waals surface area contributed by atoms with E-state index in [0.717, 1.165) is 48.2 Å². The molecular formula is C23H28N6O. The van der Waals surface area contributed by atoms with Gasteiger partial charge < -0.3 is 20.4 Å². The highest BCUT2D eigenvalue weighted by Gasteiger charge is 2.24. The van der Waals surface area contributed by atoms with E-state index in [0.29, 0.717) is 11.9 Å². The number of urea groups is 1. The summed E-state index contributed by atoms with van der Waals surface area (Å²) in [5.74, 6) is 0.716. The maximum atomic E-state index is 12.7. The van der Waals surface area contributed by atoms with Gasteiger partial charge in [0.15, 0.2) is 0 Å². The second-order valence-electron chi connectivity index (χ2n) is 8.06. The zero-order valence-electron chi connectivity index (χ0n) is 17.7. The van der Waals surface area contributed by atoms with Crippen LogP contribution < -0.4 is 10.6 Å². The summed E-state index contributed by atoms with van der Waals surface area (Å²) in [5.41, 5.74) is 3.70. The first kappa shape index (κ1) is 20.1. The summed E-state index contributed by atoms with van der Waals surface area (Å²) < 4.78 is 0. The van der Waals surface area contributed by atoms with Crippen molar-refractivity contribution >= 4 is 34.1 Å². The summed E-state index contributed by atoms with van der Waals surface area (Å²) >= 11 is 0. The predicted octanol–water partition coefficient (Wildman–Crippen LogP) is 4.24. The Morgan fingerprint density at radius 1 is 1.07 bits per heavy atom. The van der Waals surface area contributed by atoms with Crippen molar-refractivity contribution in [2.24, 2.45) is 0 Å². The SMILES string of the molecule is Cc1cccc(Nc2ncnc3ccc(NC(=O)N4CCC(N(C)C)CC4)cc23)c1. The van der Waals surface area contributed by atoms with Crippen LogP contribution in [-0.4, -0.2) is 59.0 Å². The molecule has 7 heteroatoms. The van der Waals surface area contributed by atoms with E-state index in [4.69, 9.17) is 0 Å². The molecule has 0 atom stereocenters. The predicted molar refractivity (Wildman–Crippen MR) is 121 cm³/mol. The van der Waals surface area contributed by atoms with Gasteiger partial charge in [-0.15, -0.1) is 0 Å². The molecule has 1 saturated heterocycles. The molecular weight excluding hydrogens is 376 g/mol. The van der Waals surface area contributed by atoms with E-state index in [1.165, 1.54) is 5.56 Å². The number of benzene rings is 2. The number of amides is 2. The smallest absolute Gasteiger partial charge is 0.321 e. The second-order valence-corrected chi connectivity index (χ2v) is 8.06. The van der Waals surface area contributed by atoms with Gasteiger partial charge in [0.25, 0.3) is 0 Å². The van der Waals surface area contributed by atoms with Crippen LogP contribution in [0, 0.1) is 6.92 Å². The van der Waals surface area contributed by atoms with E-state index < -0.39 is 0 Å². The van der Waals surface area contributed by atoms with Crippen molar-refractivity contribution in [1.82, 2.24) is 19.8 Å². The molecule has 7 nitrogen and oxygen atoms in total. The first-order valence-corrected chi connectivity index (χ1v) is 10.3. The average molecular weight is 405 g/mol. The van der Waals surface area contributed by atoms with E-state index in [1.54, 1.807) is 6.33 Å². The maximum absolute atomic E-state index is 12.7. The van der Waals surface area contributed by atoms with Crippen molar-refractivity contribution in [2.75, 3.05) is 37.8 Å². The molecule has 2 N–H and O–H groups in total. The van der Waals surface area contributed by atoms with Crippen LogP contribution in [0.3, 0.4) is 0 Å². The van der Waals surface area contributed by atoms with Crippen LogP contribution in [0.15, 0.2) is 48.8 Å². The van der Waals surface area contributed by atoms with Gasteiger partial charge in [0.05, 0.1) is 5.52 Å². The summed E-state index contributed by atoms with van der Waals surface area (Å²) in [4.78, 5) is 25.6. The Bertz CT molecular complexity index is 1040. The highest BCUT2D eigenvalue weighted by atomic mass is 16.2. The first-order chi connectivity index (χ1) is 14.5. The second kappa shape index (κ2) is 8.67. The number of anilines is 3. The number of fused-ring (bicyclic) bond motifs is 1. The third-order valence-corrected chi connectivity index (χ3v) is 5.65. The van der Waals surface area contributed by atoms with Gasteiger partial charge in [-0.05, 0) is 69.8 Å². The normalized spacial score (nSPS) is 14.9. The number of aromatic nitrogens is 2. The number of rotatable bonds is 4. The van der Waals surface area contributed by atoms with Crippen molar-refractivity contribution in [3.8, 4) is 0 Å². The number of carbonyl (C=O) groups excluding carboxylic acids is 1. The average Bonchev–Trinajstić information content (AvgIpc) is 2.74. The molecule has 4 rings (SSSR count). The Morgan fingerprint density at radius 2 is 1.87 bits per heavy atom. The summed E-state index contributed by atoms with van der Waals surface area (Å²) in [5, 5.41) is 7.27. The van der Waals surface area contributed by atoms with Gasteiger partial charge in [-0.3, -0.25) is 0 Å². The molecule has 0 radical (unpaired) electrons. The Balaban J connectivity index is 1.51. The maximum Gasteiger partial charge on any atom is 0.321 e. The van der Waals surface area contributed by atoms with Crippen molar-refractivity contribution in [2.45, 2.75) is 25.8 Å². The third-order valence-electron chi connectivity index (χ3n) is 5.65. The largest absolute Gasteiger partial charge is 0.340 e. The van der Waals surface area contributed by atoms with Crippen molar-refractivity contribution in [3.63, 3.8) is 0 Å². The van der Waals surface area contributed by atoms with Crippen LogP contribution >= 0.6 is 0 Å². The summed E-state index contributed by atoms with van der Waals surface area (Å²) in [7, 11) is 4.19. The number of likely N-dealkylation sites (tertiary alicyclic amines) is 1. The van der Waals surface area contributed by atoms with Crippen LogP contribution in [0.2, 0.25) is 0 Å². The number of carbonyl (C=O) groups is 1. The van der Waals surface area contributed by atoms with E-state index in [1.807, 2.05) is 35.2 Å². The zero-order chi connectivity index (χ0) is 21.1. The number of aryl methyl sites for hydroxylation is 1. The van der Waals surface area contributed by atoms with Gasteiger partial charge in [-0.2, -0.15) is 0 Å². The first-order valence-electron chi connectivity index (χ1n) is 10.3. The fraction of sp³-hybridized carbons (Fsp3) is 0.348. The van der Waals surface area contributed by atoms with E-state index in [9.17, 15) is 4.79 Å². The van der Waals surface area contributed by atoms with Gasteiger partial charge in [0.2, 0.25) is 0 Å².